The first kappa shape index (κ1) is 17.1. The fourth-order valence-electron chi connectivity index (χ4n) is 1.58. The molecule has 0 saturated carbocycles. The zero-order valence-electron chi connectivity index (χ0n) is 11.1. The van der Waals surface area contributed by atoms with E-state index in [9.17, 15) is 13.6 Å². The minimum absolute atomic E-state index is 0.134. The molecule has 0 aliphatic carbocycles. The van der Waals surface area contributed by atoms with Crippen molar-refractivity contribution in [1.29, 1.82) is 0 Å². The Morgan fingerprint density at radius 2 is 1.85 bits per heavy atom. The Bertz CT molecular complexity index is 446. The highest BCUT2D eigenvalue weighted by molar-refractivity contribution is 14.1. The average molecular weight is 394 g/mol. The first-order chi connectivity index (χ1) is 9.43. The van der Waals surface area contributed by atoms with Crippen LogP contribution in [-0.4, -0.2) is 18.5 Å². The van der Waals surface area contributed by atoms with Gasteiger partial charge in [-0.1, -0.05) is 24.8 Å². The van der Waals surface area contributed by atoms with E-state index in [0.29, 0.717) is 24.8 Å². The Morgan fingerprint density at radius 1 is 1.20 bits per heavy atom. The summed E-state index contributed by atoms with van der Waals surface area (Å²) in [7, 11) is 0. The molecular formula is C15H17F2IO2. The normalized spacial score (nSPS) is 11.2. The van der Waals surface area contributed by atoms with Crippen LogP contribution < -0.4 is 0 Å². The number of alkyl halides is 2. The maximum Gasteiger partial charge on any atom is 0.338 e. The van der Waals surface area contributed by atoms with Crippen molar-refractivity contribution in [3.05, 3.63) is 46.1 Å². The van der Waals surface area contributed by atoms with E-state index in [2.05, 4.69) is 6.58 Å². The van der Waals surface area contributed by atoms with Gasteiger partial charge in [0.15, 0.2) is 0 Å². The fourth-order valence-corrected chi connectivity index (χ4v) is 1.85. The SMILES string of the molecule is C=C(I)C(F)(F)CCCCCOC(=O)c1ccccc1. The first-order valence-corrected chi connectivity index (χ1v) is 7.46. The lowest BCUT2D eigenvalue weighted by Crippen LogP contribution is -2.15. The quantitative estimate of drug-likeness (QED) is 0.353. The van der Waals surface area contributed by atoms with Gasteiger partial charge in [-0.25, -0.2) is 13.6 Å². The summed E-state index contributed by atoms with van der Waals surface area (Å²) in [6.45, 7) is 3.52. The summed E-state index contributed by atoms with van der Waals surface area (Å²) < 4.78 is 31.4. The monoisotopic (exact) mass is 394 g/mol. The maximum atomic E-state index is 13.2. The molecule has 0 bridgehead atoms. The van der Waals surface area contributed by atoms with Crippen LogP contribution in [0.4, 0.5) is 8.78 Å². The largest absolute Gasteiger partial charge is 0.462 e. The average Bonchev–Trinajstić information content (AvgIpc) is 2.43. The summed E-state index contributed by atoms with van der Waals surface area (Å²) in [6.07, 6.45) is 1.36. The van der Waals surface area contributed by atoms with Gasteiger partial charge < -0.3 is 4.74 Å². The van der Waals surface area contributed by atoms with Crippen molar-refractivity contribution in [1.82, 2.24) is 0 Å². The van der Waals surface area contributed by atoms with Gasteiger partial charge in [0.05, 0.1) is 15.8 Å². The van der Waals surface area contributed by atoms with Crippen molar-refractivity contribution in [3.8, 4) is 0 Å². The summed E-state index contributed by atoms with van der Waals surface area (Å²) in [6, 6.07) is 8.69. The van der Waals surface area contributed by atoms with Gasteiger partial charge in [0.25, 0.3) is 5.92 Å². The number of rotatable bonds is 8. The van der Waals surface area contributed by atoms with E-state index in [-0.39, 0.29) is 22.6 Å². The zero-order valence-corrected chi connectivity index (χ0v) is 13.2. The molecule has 2 nitrogen and oxygen atoms in total. The van der Waals surface area contributed by atoms with Crippen LogP contribution in [-0.2, 0) is 4.74 Å². The van der Waals surface area contributed by atoms with Crippen molar-refractivity contribution in [2.24, 2.45) is 0 Å². The fraction of sp³-hybridized carbons (Fsp3) is 0.400. The third kappa shape index (κ3) is 5.98. The van der Waals surface area contributed by atoms with E-state index in [0.717, 1.165) is 0 Å². The van der Waals surface area contributed by atoms with Crippen LogP contribution in [0, 0.1) is 0 Å². The smallest absolute Gasteiger partial charge is 0.338 e. The zero-order chi connectivity index (χ0) is 15.0. The summed E-state index contributed by atoms with van der Waals surface area (Å²) >= 11 is 1.55. The molecule has 110 valence electrons. The predicted octanol–water partition coefficient (Wildman–Crippen LogP) is 4.99. The molecule has 0 fully saturated rings. The molecule has 0 unspecified atom stereocenters. The van der Waals surface area contributed by atoms with Gasteiger partial charge in [0.1, 0.15) is 0 Å². The van der Waals surface area contributed by atoms with Crippen LogP contribution in [0.2, 0.25) is 0 Å². The van der Waals surface area contributed by atoms with Crippen LogP contribution >= 0.6 is 22.6 Å². The second kappa shape index (κ2) is 8.34. The molecule has 0 amide bonds. The molecular weight excluding hydrogens is 377 g/mol. The number of carbonyl (C=O) groups excluding carboxylic acids is 1. The standard InChI is InChI=1S/C15H17F2IO2/c1-12(18)15(16,17)10-6-3-7-11-20-14(19)13-8-4-2-5-9-13/h2,4-5,8-9H,1,3,6-7,10-11H2. The van der Waals surface area contributed by atoms with Crippen molar-refractivity contribution >= 4 is 28.6 Å². The molecule has 1 aromatic carbocycles. The number of carbonyl (C=O) groups is 1. The minimum Gasteiger partial charge on any atom is -0.462 e. The van der Waals surface area contributed by atoms with E-state index in [1.165, 1.54) is 0 Å². The van der Waals surface area contributed by atoms with E-state index in [4.69, 9.17) is 4.74 Å². The molecule has 0 radical (unpaired) electrons. The lowest BCUT2D eigenvalue weighted by atomic mass is 10.1. The number of unbranched alkanes of at least 4 members (excludes halogenated alkanes) is 2. The van der Waals surface area contributed by atoms with Crippen LogP contribution in [0.3, 0.4) is 0 Å². The Kier molecular flexibility index (Phi) is 7.12. The van der Waals surface area contributed by atoms with Gasteiger partial charge in [0.2, 0.25) is 0 Å². The molecule has 0 atom stereocenters. The second-order valence-electron chi connectivity index (χ2n) is 4.42. The number of benzene rings is 1. The molecule has 0 aliphatic heterocycles. The van der Waals surface area contributed by atoms with Crippen molar-refractivity contribution in [2.45, 2.75) is 31.6 Å². The number of hydrogen-bond acceptors (Lipinski definition) is 2. The number of ether oxygens (including phenoxy) is 1. The molecule has 0 aromatic heterocycles. The van der Waals surface area contributed by atoms with E-state index >= 15 is 0 Å². The Balaban J connectivity index is 2.14. The topological polar surface area (TPSA) is 26.3 Å². The third-order valence-corrected chi connectivity index (χ3v) is 3.56. The van der Waals surface area contributed by atoms with Crippen LogP contribution in [0.1, 0.15) is 36.0 Å². The van der Waals surface area contributed by atoms with Crippen LogP contribution in [0.15, 0.2) is 40.5 Å². The molecule has 0 heterocycles. The summed E-state index contributed by atoms with van der Waals surface area (Å²) in [5.41, 5.74) is 0.500. The van der Waals surface area contributed by atoms with Gasteiger partial charge >= 0.3 is 5.97 Å². The lowest BCUT2D eigenvalue weighted by Gasteiger charge is -2.14. The van der Waals surface area contributed by atoms with Gasteiger partial charge in [-0.05, 0) is 54.0 Å². The highest BCUT2D eigenvalue weighted by atomic mass is 127. The number of halogens is 3. The number of allylic oxidation sites excluding steroid dienone is 1. The molecule has 5 heteroatoms. The first-order valence-electron chi connectivity index (χ1n) is 6.38. The summed E-state index contributed by atoms with van der Waals surface area (Å²) in [5, 5.41) is 0. The van der Waals surface area contributed by atoms with E-state index in [1.54, 1.807) is 46.9 Å². The Hall–Kier alpha value is -0.980. The number of hydrogen-bond donors (Lipinski definition) is 0. The van der Waals surface area contributed by atoms with Crippen molar-refractivity contribution < 1.29 is 18.3 Å². The van der Waals surface area contributed by atoms with Gasteiger partial charge in [-0.15, -0.1) is 0 Å². The number of esters is 1. The van der Waals surface area contributed by atoms with Gasteiger partial charge in [0, 0.05) is 6.42 Å². The highest BCUT2D eigenvalue weighted by Crippen LogP contribution is 2.32. The molecule has 20 heavy (non-hydrogen) atoms. The lowest BCUT2D eigenvalue weighted by molar-refractivity contribution is 0.0383. The molecule has 0 N–H and O–H groups in total. The summed E-state index contributed by atoms with van der Waals surface area (Å²) in [5.74, 6) is -3.18. The highest BCUT2D eigenvalue weighted by Gasteiger charge is 2.30. The maximum absolute atomic E-state index is 13.2. The molecule has 0 aliphatic rings. The van der Waals surface area contributed by atoms with E-state index < -0.39 is 5.92 Å². The Morgan fingerprint density at radius 3 is 2.45 bits per heavy atom. The van der Waals surface area contributed by atoms with E-state index in [1.807, 2.05) is 6.07 Å². The molecule has 1 aromatic rings. The third-order valence-electron chi connectivity index (χ3n) is 2.77. The van der Waals surface area contributed by atoms with Crippen LogP contribution in [0.25, 0.3) is 0 Å². The summed E-state index contributed by atoms with van der Waals surface area (Å²) in [4.78, 5) is 11.6. The van der Waals surface area contributed by atoms with Crippen LogP contribution in [0.5, 0.6) is 0 Å². The molecule has 0 spiro atoms. The second-order valence-corrected chi connectivity index (χ2v) is 5.72. The Labute approximate surface area is 131 Å². The molecule has 0 saturated heterocycles. The minimum atomic E-state index is -2.80. The van der Waals surface area contributed by atoms with Crippen molar-refractivity contribution in [2.75, 3.05) is 6.61 Å². The van der Waals surface area contributed by atoms with Gasteiger partial charge in [-0.2, -0.15) is 0 Å². The predicted molar refractivity (Wildman–Crippen MR) is 83.3 cm³/mol. The molecule has 1 rings (SSSR count). The van der Waals surface area contributed by atoms with Gasteiger partial charge in [-0.3, -0.25) is 0 Å². The van der Waals surface area contributed by atoms with Crippen molar-refractivity contribution in [3.63, 3.8) is 0 Å².